The van der Waals surface area contributed by atoms with Crippen LogP contribution in [-0.2, 0) is 6.61 Å². The number of hydrogen-bond acceptors (Lipinski definition) is 2. The summed E-state index contributed by atoms with van der Waals surface area (Å²) in [7, 11) is 0. The van der Waals surface area contributed by atoms with E-state index in [0.717, 1.165) is 10.3 Å². The molecule has 0 saturated heterocycles. The van der Waals surface area contributed by atoms with Crippen LogP contribution < -0.4 is 9.47 Å². The summed E-state index contributed by atoms with van der Waals surface area (Å²) < 4.78 is 21.7. The second kappa shape index (κ2) is 6.77. The largest absolute Gasteiger partial charge is 0.618 e. The standard InChI is InChI=1S/C19H17BrFNO2/c1-12(2)19-17(20)14-8-9-16(18(21)15(14)10-22(19)23)24-11-13-6-4-3-5-7-13/h3-10,12H,11H2,1-2H3. The summed E-state index contributed by atoms with van der Waals surface area (Å²) in [5.41, 5.74) is 1.53. The Hall–Kier alpha value is -2.14. The van der Waals surface area contributed by atoms with Crippen LogP contribution in [0.4, 0.5) is 4.39 Å². The molecule has 0 spiro atoms. The fourth-order valence-electron chi connectivity index (χ4n) is 2.67. The lowest BCUT2D eigenvalue weighted by Crippen LogP contribution is -2.33. The van der Waals surface area contributed by atoms with Crippen molar-refractivity contribution in [1.29, 1.82) is 0 Å². The molecule has 1 aromatic heterocycles. The first-order valence-corrected chi connectivity index (χ1v) is 8.49. The van der Waals surface area contributed by atoms with E-state index < -0.39 is 5.82 Å². The minimum absolute atomic E-state index is 0.0262. The Morgan fingerprint density at radius 3 is 2.50 bits per heavy atom. The van der Waals surface area contributed by atoms with Crippen LogP contribution in [0.5, 0.6) is 5.75 Å². The third-order valence-electron chi connectivity index (χ3n) is 3.87. The predicted octanol–water partition coefficient (Wildman–Crippen LogP) is 5.08. The molecule has 0 bridgehead atoms. The minimum atomic E-state index is -0.524. The van der Waals surface area contributed by atoms with Gasteiger partial charge in [-0.1, -0.05) is 44.2 Å². The van der Waals surface area contributed by atoms with Crippen molar-refractivity contribution in [1.82, 2.24) is 0 Å². The van der Waals surface area contributed by atoms with Gasteiger partial charge in [0.25, 0.3) is 0 Å². The fraction of sp³-hybridized carbons (Fsp3) is 0.211. The number of halogens is 2. The zero-order chi connectivity index (χ0) is 17.3. The highest BCUT2D eigenvalue weighted by molar-refractivity contribution is 9.10. The van der Waals surface area contributed by atoms with E-state index in [-0.39, 0.29) is 23.7 Å². The van der Waals surface area contributed by atoms with Crippen molar-refractivity contribution >= 4 is 26.7 Å². The highest BCUT2D eigenvalue weighted by atomic mass is 79.9. The molecule has 3 rings (SSSR count). The maximum absolute atomic E-state index is 14.8. The summed E-state index contributed by atoms with van der Waals surface area (Å²) in [5, 5.41) is 13.1. The lowest BCUT2D eigenvalue weighted by atomic mass is 10.1. The Bertz CT molecular complexity index is 882. The number of fused-ring (bicyclic) bond motifs is 1. The van der Waals surface area contributed by atoms with Gasteiger partial charge in [0.15, 0.2) is 17.8 Å². The lowest BCUT2D eigenvalue weighted by molar-refractivity contribution is -0.614. The van der Waals surface area contributed by atoms with E-state index in [4.69, 9.17) is 4.74 Å². The first-order valence-electron chi connectivity index (χ1n) is 7.69. The van der Waals surface area contributed by atoms with Gasteiger partial charge >= 0.3 is 0 Å². The normalized spacial score (nSPS) is 11.2. The summed E-state index contributed by atoms with van der Waals surface area (Å²) in [5.74, 6) is -0.363. The SMILES string of the molecule is CC(C)c1c(Br)c2ccc(OCc3ccccc3)c(F)c2c[n+]1[O-]. The van der Waals surface area contributed by atoms with Gasteiger partial charge in [0, 0.05) is 11.3 Å². The van der Waals surface area contributed by atoms with Gasteiger partial charge in [-0.2, -0.15) is 4.73 Å². The van der Waals surface area contributed by atoms with Crippen molar-refractivity contribution in [2.24, 2.45) is 0 Å². The van der Waals surface area contributed by atoms with Gasteiger partial charge in [-0.15, -0.1) is 0 Å². The molecule has 0 unspecified atom stereocenters. The zero-order valence-electron chi connectivity index (χ0n) is 13.4. The number of ether oxygens (including phenoxy) is 1. The third-order valence-corrected chi connectivity index (χ3v) is 4.71. The van der Waals surface area contributed by atoms with Crippen molar-refractivity contribution in [2.75, 3.05) is 0 Å². The van der Waals surface area contributed by atoms with Gasteiger partial charge in [-0.3, -0.25) is 0 Å². The number of hydrogen-bond donors (Lipinski definition) is 0. The van der Waals surface area contributed by atoms with E-state index in [9.17, 15) is 9.60 Å². The molecule has 5 heteroatoms. The van der Waals surface area contributed by atoms with Gasteiger partial charge in [0.2, 0.25) is 5.69 Å². The molecule has 124 valence electrons. The molecule has 0 atom stereocenters. The van der Waals surface area contributed by atoms with E-state index in [1.165, 1.54) is 6.20 Å². The fourth-order valence-corrected chi connectivity index (χ4v) is 3.65. The topological polar surface area (TPSA) is 36.2 Å². The Balaban J connectivity index is 2.00. The van der Waals surface area contributed by atoms with Crippen LogP contribution >= 0.6 is 15.9 Å². The van der Waals surface area contributed by atoms with Crippen LogP contribution in [0.3, 0.4) is 0 Å². The average Bonchev–Trinajstić information content (AvgIpc) is 2.55. The van der Waals surface area contributed by atoms with Crippen LogP contribution in [0.2, 0.25) is 0 Å². The number of nitrogens with zero attached hydrogens (tertiary/aromatic N) is 1. The first-order chi connectivity index (χ1) is 11.5. The van der Waals surface area contributed by atoms with Crippen molar-refractivity contribution < 1.29 is 13.9 Å². The molecule has 0 aliphatic heterocycles. The summed E-state index contributed by atoms with van der Waals surface area (Å²) in [6.07, 6.45) is 1.28. The lowest BCUT2D eigenvalue weighted by Gasteiger charge is -2.14. The maximum atomic E-state index is 14.8. The van der Waals surface area contributed by atoms with Gasteiger partial charge in [-0.25, -0.2) is 4.39 Å². The maximum Gasteiger partial charge on any atom is 0.210 e. The van der Waals surface area contributed by atoms with Gasteiger partial charge < -0.3 is 9.94 Å². The summed E-state index contributed by atoms with van der Waals surface area (Å²) in [4.78, 5) is 0. The number of benzene rings is 2. The number of rotatable bonds is 4. The van der Waals surface area contributed by atoms with Crippen LogP contribution in [-0.4, -0.2) is 0 Å². The van der Waals surface area contributed by atoms with Crippen LogP contribution in [0.25, 0.3) is 10.8 Å². The van der Waals surface area contributed by atoms with Gasteiger partial charge in [-0.05, 0) is 33.6 Å². The first kappa shape index (κ1) is 16.7. The van der Waals surface area contributed by atoms with Gasteiger partial charge in [0.1, 0.15) is 6.61 Å². The monoisotopic (exact) mass is 389 g/mol. The molecule has 3 aromatic rings. The molecule has 3 nitrogen and oxygen atoms in total. The number of aromatic nitrogens is 1. The molecular weight excluding hydrogens is 373 g/mol. The summed E-state index contributed by atoms with van der Waals surface area (Å²) >= 11 is 3.44. The minimum Gasteiger partial charge on any atom is -0.618 e. The molecule has 0 N–H and O–H groups in total. The van der Waals surface area contributed by atoms with Crippen molar-refractivity contribution in [3.8, 4) is 5.75 Å². The van der Waals surface area contributed by atoms with E-state index in [1.54, 1.807) is 12.1 Å². The molecule has 0 radical (unpaired) electrons. The zero-order valence-corrected chi connectivity index (χ0v) is 15.0. The van der Waals surface area contributed by atoms with Gasteiger partial charge in [0.05, 0.1) is 9.86 Å². The smallest absolute Gasteiger partial charge is 0.210 e. The quantitative estimate of drug-likeness (QED) is 0.460. The van der Waals surface area contributed by atoms with E-state index in [0.29, 0.717) is 15.6 Å². The van der Waals surface area contributed by atoms with Crippen molar-refractivity contribution in [3.63, 3.8) is 0 Å². The molecular formula is C19H17BrFNO2. The molecule has 0 fully saturated rings. The molecule has 0 aliphatic carbocycles. The van der Waals surface area contributed by atoms with E-state index in [1.807, 2.05) is 44.2 Å². The van der Waals surface area contributed by atoms with E-state index >= 15 is 0 Å². The molecule has 2 aromatic carbocycles. The van der Waals surface area contributed by atoms with E-state index in [2.05, 4.69) is 15.9 Å². The third kappa shape index (κ3) is 3.08. The molecule has 0 aliphatic rings. The Morgan fingerprint density at radius 2 is 1.83 bits per heavy atom. The van der Waals surface area contributed by atoms with Crippen molar-refractivity contribution in [3.05, 3.63) is 75.4 Å². The summed E-state index contributed by atoms with van der Waals surface area (Å²) in [6.45, 7) is 4.12. The van der Waals surface area contributed by atoms with Crippen LogP contribution in [0.1, 0.15) is 31.0 Å². The Labute approximate surface area is 148 Å². The molecule has 1 heterocycles. The molecule has 0 saturated carbocycles. The summed E-state index contributed by atoms with van der Waals surface area (Å²) in [6, 6.07) is 12.9. The second-order valence-electron chi connectivity index (χ2n) is 5.92. The molecule has 0 amide bonds. The van der Waals surface area contributed by atoms with Crippen LogP contribution in [0, 0.1) is 11.0 Å². The highest BCUT2D eigenvalue weighted by Crippen LogP contribution is 2.34. The average molecular weight is 390 g/mol. The Morgan fingerprint density at radius 1 is 1.12 bits per heavy atom. The highest BCUT2D eigenvalue weighted by Gasteiger charge is 2.22. The van der Waals surface area contributed by atoms with Crippen molar-refractivity contribution in [2.45, 2.75) is 26.4 Å². The van der Waals surface area contributed by atoms with Crippen LogP contribution in [0.15, 0.2) is 53.1 Å². The number of pyridine rings is 1. The Kier molecular flexibility index (Phi) is 4.71. The predicted molar refractivity (Wildman–Crippen MR) is 95.4 cm³/mol. The molecule has 24 heavy (non-hydrogen) atoms. The second-order valence-corrected chi connectivity index (χ2v) is 6.72.